The Balaban J connectivity index is 1.75. The van der Waals surface area contributed by atoms with E-state index in [2.05, 4.69) is 20.8 Å². The third kappa shape index (κ3) is 4.25. The van der Waals surface area contributed by atoms with E-state index in [9.17, 15) is 9.90 Å². The van der Waals surface area contributed by atoms with Gasteiger partial charge in [-0.25, -0.2) is 4.79 Å². The van der Waals surface area contributed by atoms with Gasteiger partial charge in [0.05, 0.1) is 18.3 Å². The first kappa shape index (κ1) is 14.4. The van der Waals surface area contributed by atoms with Crippen LogP contribution >= 0.6 is 11.6 Å². The summed E-state index contributed by atoms with van der Waals surface area (Å²) < 4.78 is 0. The summed E-state index contributed by atoms with van der Waals surface area (Å²) in [5.41, 5.74) is 1.46. The second-order valence-electron chi connectivity index (χ2n) is 4.22. The number of H-pyrrole nitrogens is 1. The SMILES string of the molecule is O=C(NCc1ccn[nH]1)NC[C@H](O)c1cccc(Cl)c1. The predicted octanol–water partition coefficient (Wildman–Crippen LogP) is 1.60. The van der Waals surface area contributed by atoms with E-state index >= 15 is 0 Å². The number of aliphatic hydroxyl groups is 1. The predicted molar refractivity (Wildman–Crippen MR) is 75.2 cm³/mol. The van der Waals surface area contributed by atoms with E-state index in [1.165, 1.54) is 0 Å². The summed E-state index contributed by atoms with van der Waals surface area (Å²) in [4.78, 5) is 11.5. The summed E-state index contributed by atoms with van der Waals surface area (Å²) in [6, 6.07) is 8.29. The Morgan fingerprint density at radius 1 is 1.40 bits per heavy atom. The molecule has 1 heterocycles. The van der Waals surface area contributed by atoms with Gasteiger partial charge in [-0.15, -0.1) is 0 Å². The molecule has 2 rings (SSSR count). The summed E-state index contributed by atoms with van der Waals surface area (Å²) in [5.74, 6) is 0. The van der Waals surface area contributed by atoms with Crippen molar-refractivity contribution < 1.29 is 9.90 Å². The van der Waals surface area contributed by atoms with Crippen molar-refractivity contribution in [2.24, 2.45) is 0 Å². The highest BCUT2D eigenvalue weighted by molar-refractivity contribution is 6.30. The molecule has 7 heteroatoms. The van der Waals surface area contributed by atoms with Crippen LogP contribution in [0.2, 0.25) is 5.02 Å². The summed E-state index contributed by atoms with van der Waals surface area (Å²) in [6.45, 7) is 0.453. The molecule has 0 radical (unpaired) electrons. The fourth-order valence-electron chi connectivity index (χ4n) is 1.64. The zero-order valence-electron chi connectivity index (χ0n) is 10.6. The number of benzene rings is 1. The topological polar surface area (TPSA) is 90.0 Å². The fourth-order valence-corrected chi connectivity index (χ4v) is 1.84. The minimum Gasteiger partial charge on any atom is -0.387 e. The fraction of sp³-hybridized carbons (Fsp3) is 0.231. The van der Waals surface area contributed by atoms with Crippen molar-refractivity contribution in [2.45, 2.75) is 12.6 Å². The Bertz CT molecular complexity index is 559. The Labute approximate surface area is 121 Å². The summed E-state index contributed by atoms with van der Waals surface area (Å²) in [5, 5.41) is 22.2. The van der Waals surface area contributed by atoms with Crippen molar-refractivity contribution in [1.82, 2.24) is 20.8 Å². The lowest BCUT2D eigenvalue weighted by Gasteiger charge is -2.13. The Hall–Kier alpha value is -2.05. The van der Waals surface area contributed by atoms with Crippen molar-refractivity contribution >= 4 is 17.6 Å². The Kier molecular flexibility index (Phi) is 4.97. The average Bonchev–Trinajstić information content (AvgIpc) is 2.95. The number of halogens is 1. The second kappa shape index (κ2) is 6.93. The van der Waals surface area contributed by atoms with Crippen LogP contribution in [0.3, 0.4) is 0 Å². The number of aromatic amines is 1. The molecule has 6 nitrogen and oxygen atoms in total. The van der Waals surface area contributed by atoms with Gasteiger partial charge in [-0.3, -0.25) is 5.10 Å². The molecule has 2 aromatic rings. The molecule has 1 aromatic heterocycles. The molecule has 0 bridgehead atoms. The molecule has 20 heavy (non-hydrogen) atoms. The lowest BCUT2D eigenvalue weighted by Crippen LogP contribution is -2.37. The van der Waals surface area contributed by atoms with Gasteiger partial charge in [-0.2, -0.15) is 5.10 Å². The van der Waals surface area contributed by atoms with Crippen LogP contribution in [0.1, 0.15) is 17.4 Å². The third-order valence-electron chi connectivity index (χ3n) is 2.69. The Morgan fingerprint density at radius 3 is 2.95 bits per heavy atom. The molecule has 1 atom stereocenters. The quantitative estimate of drug-likeness (QED) is 0.675. The largest absolute Gasteiger partial charge is 0.387 e. The number of carbonyl (C=O) groups excluding carboxylic acids is 1. The summed E-state index contributed by atoms with van der Waals surface area (Å²) >= 11 is 5.84. The zero-order chi connectivity index (χ0) is 14.4. The number of aromatic nitrogens is 2. The van der Waals surface area contributed by atoms with Gasteiger partial charge in [0.15, 0.2) is 0 Å². The van der Waals surface area contributed by atoms with Crippen LogP contribution in [-0.4, -0.2) is 27.9 Å². The zero-order valence-corrected chi connectivity index (χ0v) is 11.4. The van der Waals surface area contributed by atoms with Crippen LogP contribution < -0.4 is 10.6 Å². The van der Waals surface area contributed by atoms with Gasteiger partial charge < -0.3 is 15.7 Å². The monoisotopic (exact) mass is 294 g/mol. The van der Waals surface area contributed by atoms with Crippen molar-refractivity contribution in [3.63, 3.8) is 0 Å². The molecule has 0 aliphatic rings. The van der Waals surface area contributed by atoms with Gasteiger partial charge in [-0.05, 0) is 23.8 Å². The molecule has 2 amide bonds. The molecule has 0 aliphatic carbocycles. The number of aliphatic hydroxyl groups excluding tert-OH is 1. The van der Waals surface area contributed by atoms with E-state index in [1.54, 1.807) is 36.5 Å². The Morgan fingerprint density at radius 2 is 2.25 bits per heavy atom. The van der Waals surface area contributed by atoms with Gasteiger partial charge in [0.1, 0.15) is 0 Å². The molecular formula is C13H15ClN4O2. The molecular weight excluding hydrogens is 280 g/mol. The second-order valence-corrected chi connectivity index (χ2v) is 4.65. The first-order chi connectivity index (χ1) is 9.65. The molecule has 1 aromatic carbocycles. The maximum Gasteiger partial charge on any atom is 0.315 e. The normalized spacial score (nSPS) is 11.9. The number of rotatable bonds is 5. The minimum atomic E-state index is -0.799. The first-order valence-electron chi connectivity index (χ1n) is 6.08. The van der Waals surface area contributed by atoms with Crippen molar-refractivity contribution in [3.05, 3.63) is 52.8 Å². The number of urea groups is 1. The highest BCUT2D eigenvalue weighted by atomic mass is 35.5. The van der Waals surface area contributed by atoms with Crippen LogP contribution in [-0.2, 0) is 6.54 Å². The molecule has 0 aliphatic heterocycles. The van der Waals surface area contributed by atoms with E-state index < -0.39 is 6.10 Å². The van der Waals surface area contributed by atoms with E-state index in [4.69, 9.17) is 11.6 Å². The molecule has 0 unspecified atom stereocenters. The number of nitrogens with one attached hydrogen (secondary N) is 3. The van der Waals surface area contributed by atoms with E-state index in [0.717, 1.165) is 5.69 Å². The molecule has 0 saturated heterocycles. The van der Waals surface area contributed by atoms with Crippen LogP contribution in [0.5, 0.6) is 0 Å². The van der Waals surface area contributed by atoms with Crippen molar-refractivity contribution in [2.75, 3.05) is 6.54 Å². The van der Waals surface area contributed by atoms with Crippen LogP contribution in [0.25, 0.3) is 0 Å². The van der Waals surface area contributed by atoms with Gasteiger partial charge in [-0.1, -0.05) is 23.7 Å². The van der Waals surface area contributed by atoms with E-state index in [-0.39, 0.29) is 12.6 Å². The van der Waals surface area contributed by atoms with Crippen LogP contribution in [0, 0.1) is 0 Å². The molecule has 0 fully saturated rings. The summed E-state index contributed by atoms with van der Waals surface area (Å²) in [6.07, 6.45) is 0.810. The molecule has 0 spiro atoms. The standard InChI is InChI=1S/C13H15ClN4O2/c14-10-3-1-2-9(6-10)12(19)8-16-13(20)15-7-11-4-5-17-18-11/h1-6,12,19H,7-8H2,(H,17,18)(H2,15,16,20)/t12-/m0/s1. The highest BCUT2D eigenvalue weighted by Crippen LogP contribution is 2.16. The van der Waals surface area contributed by atoms with Gasteiger partial charge in [0.25, 0.3) is 0 Å². The number of carbonyl (C=O) groups is 1. The molecule has 0 saturated carbocycles. The lowest BCUT2D eigenvalue weighted by atomic mass is 10.1. The van der Waals surface area contributed by atoms with Crippen molar-refractivity contribution in [1.29, 1.82) is 0 Å². The maximum atomic E-state index is 11.5. The van der Waals surface area contributed by atoms with Gasteiger partial charge >= 0.3 is 6.03 Å². The van der Waals surface area contributed by atoms with Gasteiger partial charge in [0.2, 0.25) is 0 Å². The summed E-state index contributed by atoms with van der Waals surface area (Å²) in [7, 11) is 0. The van der Waals surface area contributed by atoms with Crippen LogP contribution in [0.4, 0.5) is 4.79 Å². The lowest BCUT2D eigenvalue weighted by molar-refractivity contribution is 0.173. The molecule has 4 N–H and O–H groups in total. The number of hydrogen-bond acceptors (Lipinski definition) is 3. The minimum absolute atomic E-state index is 0.106. The smallest absolute Gasteiger partial charge is 0.315 e. The average molecular weight is 295 g/mol. The third-order valence-corrected chi connectivity index (χ3v) is 2.92. The maximum absolute atomic E-state index is 11.5. The number of hydrogen-bond donors (Lipinski definition) is 4. The number of nitrogens with zero attached hydrogens (tertiary/aromatic N) is 1. The van der Waals surface area contributed by atoms with Gasteiger partial charge in [0, 0.05) is 17.8 Å². The van der Waals surface area contributed by atoms with Crippen LogP contribution in [0.15, 0.2) is 36.5 Å². The highest BCUT2D eigenvalue weighted by Gasteiger charge is 2.09. The van der Waals surface area contributed by atoms with E-state index in [0.29, 0.717) is 17.1 Å². The first-order valence-corrected chi connectivity index (χ1v) is 6.46. The van der Waals surface area contributed by atoms with E-state index in [1.807, 2.05) is 0 Å². The number of amides is 2. The van der Waals surface area contributed by atoms with Crippen molar-refractivity contribution in [3.8, 4) is 0 Å². The molecule has 106 valence electrons.